The first-order chi connectivity index (χ1) is 19.7. The molecule has 1 aliphatic heterocycles. The summed E-state index contributed by atoms with van der Waals surface area (Å²) in [4.78, 5) is 4.65. The Bertz CT molecular complexity index is 2120. The SMILES string of the molecule is Cn1[c-][n+](-c2[c-]c(Oc3[c-]c4c(cc3)c3ccccc3n4C3=N/C(C#N)=C\C=C/C=C\3)ccc2)c2ccccc21.[Pt]. The van der Waals surface area contributed by atoms with Gasteiger partial charge in [-0.15, -0.1) is 29.7 Å². The third-order valence-corrected chi connectivity index (χ3v) is 6.80. The molecular weight excluding hydrogens is 689 g/mol. The number of fused-ring (bicyclic) bond motifs is 4. The number of aliphatic imine (C=N–C) groups is 1. The van der Waals surface area contributed by atoms with Crippen LogP contribution in [-0.2, 0) is 28.1 Å². The van der Waals surface area contributed by atoms with Crippen LogP contribution >= 0.6 is 0 Å². The molecule has 6 nitrogen and oxygen atoms in total. The monoisotopic (exact) mass is 710 g/mol. The van der Waals surface area contributed by atoms with E-state index in [2.05, 4.69) is 47.7 Å². The molecule has 3 heterocycles. The normalized spacial score (nSPS) is 17.0. The Kier molecular flexibility index (Phi) is 6.97. The summed E-state index contributed by atoms with van der Waals surface area (Å²) in [5.41, 5.74) is 5.02. The van der Waals surface area contributed by atoms with Gasteiger partial charge in [-0.1, -0.05) is 71.9 Å². The molecule has 6 aromatic rings. The van der Waals surface area contributed by atoms with Gasteiger partial charge in [0, 0.05) is 38.1 Å². The summed E-state index contributed by atoms with van der Waals surface area (Å²) in [6.07, 6.45) is 12.5. The van der Waals surface area contributed by atoms with Gasteiger partial charge in [0.05, 0.1) is 18.1 Å². The van der Waals surface area contributed by atoms with E-state index in [0.717, 1.165) is 38.5 Å². The second-order valence-corrected chi connectivity index (χ2v) is 9.30. The van der Waals surface area contributed by atoms with Gasteiger partial charge >= 0.3 is 0 Å². The van der Waals surface area contributed by atoms with Gasteiger partial charge in [-0.05, 0) is 23.6 Å². The first-order valence-corrected chi connectivity index (χ1v) is 12.8. The fourth-order valence-corrected chi connectivity index (χ4v) is 5.03. The van der Waals surface area contributed by atoms with Crippen LogP contribution < -0.4 is 9.30 Å². The summed E-state index contributed by atoms with van der Waals surface area (Å²) in [5.74, 6) is 1.73. The van der Waals surface area contributed by atoms with Crippen molar-refractivity contribution in [2.24, 2.45) is 12.0 Å². The molecule has 7 heteroatoms. The Balaban J connectivity index is 0.00000302. The minimum Gasteiger partial charge on any atom is -0.510 e. The average molecular weight is 711 g/mol. The summed E-state index contributed by atoms with van der Waals surface area (Å²) in [6, 6.07) is 35.0. The van der Waals surface area contributed by atoms with E-state index in [-0.39, 0.29) is 21.1 Å². The molecule has 0 saturated heterocycles. The van der Waals surface area contributed by atoms with Crippen LogP contribution in [0.2, 0.25) is 0 Å². The van der Waals surface area contributed by atoms with Gasteiger partial charge in [0.25, 0.3) is 0 Å². The molecule has 0 radical (unpaired) electrons. The molecule has 4 aromatic carbocycles. The predicted molar refractivity (Wildman–Crippen MR) is 155 cm³/mol. The number of nitriles is 1. The van der Waals surface area contributed by atoms with E-state index in [1.807, 2.05) is 99.6 Å². The molecule has 7 rings (SSSR count). The minimum absolute atomic E-state index is 0. The average Bonchev–Trinajstić information content (AvgIpc) is 3.48. The number of rotatable bonds is 3. The topological polar surface area (TPSA) is 59.1 Å². The standard InChI is InChI=1S/C34H21N5O.Pt/c1-37-23-38(32-16-8-7-15-31(32)37)25-11-9-12-26(20-25)40-27-18-19-29-28-13-5-6-14-30(28)39(33(29)21-27)34-17-4-2-3-10-24(22-35)36-34;/h2-19H,1H3;/q-2;/b3-2-,4-2?,10-3?,17-4-,24-10-,34-17?,36-24?,36-34+;. The van der Waals surface area contributed by atoms with Crippen LogP contribution in [0.3, 0.4) is 0 Å². The number of ether oxygens (including phenoxy) is 1. The fraction of sp³-hybridized carbons (Fsp3) is 0.0294. The summed E-state index contributed by atoms with van der Waals surface area (Å²) < 4.78 is 12.3. The van der Waals surface area contributed by atoms with Gasteiger partial charge in [0.2, 0.25) is 6.33 Å². The number of para-hydroxylation sites is 3. The number of hydrogen-bond acceptors (Lipinski definition) is 3. The molecule has 0 aliphatic carbocycles. The van der Waals surface area contributed by atoms with Crippen molar-refractivity contribution in [3.05, 3.63) is 133 Å². The van der Waals surface area contributed by atoms with Crippen LogP contribution in [0.15, 0.2) is 120 Å². The van der Waals surface area contributed by atoms with Crippen molar-refractivity contribution in [3.8, 4) is 23.3 Å². The molecule has 200 valence electrons. The molecule has 0 unspecified atom stereocenters. The van der Waals surface area contributed by atoms with Gasteiger partial charge in [0.1, 0.15) is 17.6 Å². The van der Waals surface area contributed by atoms with Crippen LogP contribution in [0.5, 0.6) is 11.5 Å². The van der Waals surface area contributed by atoms with Crippen LogP contribution in [0.4, 0.5) is 0 Å². The van der Waals surface area contributed by atoms with Crippen LogP contribution in [-0.4, -0.2) is 15.0 Å². The summed E-state index contributed by atoms with van der Waals surface area (Å²) in [7, 11) is 1.98. The number of nitrogens with zero attached hydrogens (tertiary/aromatic N) is 5. The Morgan fingerprint density at radius 3 is 2.51 bits per heavy atom. The first-order valence-electron chi connectivity index (χ1n) is 12.8. The van der Waals surface area contributed by atoms with Gasteiger partial charge in [-0.2, -0.15) is 23.5 Å². The molecule has 41 heavy (non-hydrogen) atoms. The van der Waals surface area contributed by atoms with Crippen molar-refractivity contribution in [1.82, 2.24) is 9.13 Å². The maximum atomic E-state index is 9.59. The van der Waals surface area contributed by atoms with Crippen molar-refractivity contribution >= 4 is 38.7 Å². The van der Waals surface area contributed by atoms with Crippen molar-refractivity contribution in [2.75, 3.05) is 0 Å². The Labute approximate surface area is 251 Å². The molecular formula is C34H21N5OPt-2. The quantitative estimate of drug-likeness (QED) is 0.155. The maximum Gasteiger partial charge on any atom is 0.242 e. The van der Waals surface area contributed by atoms with Crippen molar-refractivity contribution in [2.45, 2.75) is 0 Å². The Morgan fingerprint density at radius 2 is 1.63 bits per heavy atom. The van der Waals surface area contributed by atoms with Crippen molar-refractivity contribution in [3.63, 3.8) is 0 Å². The smallest absolute Gasteiger partial charge is 0.242 e. The van der Waals surface area contributed by atoms with Gasteiger partial charge < -0.3 is 18.4 Å². The van der Waals surface area contributed by atoms with E-state index in [9.17, 15) is 5.26 Å². The summed E-state index contributed by atoms with van der Waals surface area (Å²) in [5, 5.41) is 11.7. The first kappa shape index (κ1) is 26.3. The van der Waals surface area contributed by atoms with E-state index in [0.29, 0.717) is 23.0 Å². The summed E-state index contributed by atoms with van der Waals surface area (Å²) in [6.45, 7) is 0. The van der Waals surface area contributed by atoms with E-state index >= 15 is 0 Å². The number of benzene rings is 4. The molecule has 0 spiro atoms. The molecule has 1 aliphatic rings. The van der Waals surface area contributed by atoms with E-state index in [1.54, 1.807) is 12.2 Å². The summed E-state index contributed by atoms with van der Waals surface area (Å²) >= 11 is 0. The number of aromatic nitrogens is 3. The Hall–Kier alpha value is -4.98. The Morgan fingerprint density at radius 1 is 0.829 bits per heavy atom. The van der Waals surface area contributed by atoms with Crippen LogP contribution in [0.25, 0.3) is 38.5 Å². The zero-order valence-electron chi connectivity index (χ0n) is 21.9. The zero-order valence-corrected chi connectivity index (χ0v) is 24.1. The molecule has 0 saturated carbocycles. The second kappa shape index (κ2) is 10.9. The van der Waals surface area contributed by atoms with E-state index < -0.39 is 0 Å². The number of hydrogen-bond donors (Lipinski definition) is 0. The largest absolute Gasteiger partial charge is 0.510 e. The maximum absolute atomic E-state index is 9.59. The van der Waals surface area contributed by atoms with Gasteiger partial charge in [0.15, 0.2) is 0 Å². The number of imidazole rings is 1. The van der Waals surface area contributed by atoms with Crippen molar-refractivity contribution in [1.29, 1.82) is 5.26 Å². The van der Waals surface area contributed by atoms with E-state index in [4.69, 9.17) is 4.74 Å². The fourth-order valence-electron chi connectivity index (χ4n) is 5.03. The molecule has 0 atom stereocenters. The third kappa shape index (κ3) is 4.71. The number of allylic oxidation sites excluding steroid dienone is 6. The molecule has 0 fully saturated rings. The second-order valence-electron chi connectivity index (χ2n) is 9.30. The predicted octanol–water partition coefficient (Wildman–Crippen LogP) is 6.53. The van der Waals surface area contributed by atoms with Crippen LogP contribution in [0.1, 0.15) is 0 Å². The van der Waals surface area contributed by atoms with Gasteiger partial charge in [-0.3, -0.25) is 0 Å². The molecule has 0 bridgehead atoms. The minimum atomic E-state index is 0. The van der Waals surface area contributed by atoms with Gasteiger partial charge in [-0.25, -0.2) is 4.99 Å². The van der Waals surface area contributed by atoms with Crippen LogP contribution in [0, 0.1) is 29.8 Å². The van der Waals surface area contributed by atoms with E-state index in [1.165, 1.54) is 0 Å². The zero-order chi connectivity index (χ0) is 27.1. The molecule has 0 N–H and O–H groups in total. The van der Waals surface area contributed by atoms with Crippen molar-refractivity contribution < 1.29 is 30.4 Å². The molecule has 0 amide bonds. The number of aryl methyl sites for hydroxylation is 1. The third-order valence-electron chi connectivity index (χ3n) is 6.80. The molecule has 2 aromatic heterocycles.